The van der Waals surface area contributed by atoms with E-state index in [2.05, 4.69) is 4.98 Å². The topological polar surface area (TPSA) is 76.6 Å². The molecular formula is C24H16N2O4S. The molecule has 1 aliphatic heterocycles. The molecule has 0 saturated heterocycles. The molecule has 0 saturated carbocycles. The molecule has 0 unspecified atom stereocenters. The van der Waals surface area contributed by atoms with Gasteiger partial charge in [-0.3, -0.25) is 19.3 Å². The summed E-state index contributed by atoms with van der Waals surface area (Å²) in [4.78, 5) is 42.7. The molecule has 0 spiro atoms. The standard InChI is InChI=1S/C24H16N2O4S/c27-21(13-14-26-23(28)17-5-1-2-6-18(17)24(26)29)30-16-11-9-15(10-12-16)22-25-19-7-3-4-8-20(19)31-22/h1-12H,13-14H2. The molecule has 4 aromatic rings. The van der Waals surface area contributed by atoms with Crippen LogP contribution in [0.5, 0.6) is 5.75 Å². The summed E-state index contributed by atoms with van der Waals surface area (Å²) in [5.74, 6) is -0.872. The fourth-order valence-corrected chi connectivity index (χ4v) is 4.46. The minimum absolute atomic E-state index is 0.0189. The molecule has 3 aromatic carbocycles. The highest BCUT2D eigenvalue weighted by atomic mass is 32.1. The fourth-order valence-electron chi connectivity index (χ4n) is 3.49. The predicted molar refractivity (Wildman–Crippen MR) is 117 cm³/mol. The lowest BCUT2D eigenvalue weighted by atomic mass is 10.1. The number of benzene rings is 3. The first-order chi connectivity index (χ1) is 15.1. The Morgan fingerprint density at radius 3 is 2.19 bits per heavy atom. The molecule has 5 rings (SSSR count). The Labute approximate surface area is 181 Å². The molecule has 0 bridgehead atoms. The van der Waals surface area contributed by atoms with E-state index < -0.39 is 5.97 Å². The van der Waals surface area contributed by atoms with Crippen LogP contribution in [0.3, 0.4) is 0 Å². The number of amides is 2. The maximum absolute atomic E-state index is 12.4. The van der Waals surface area contributed by atoms with Gasteiger partial charge in [0.1, 0.15) is 10.8 Å². The number of para-hydroxylation sites is 1. The van der Waals surface area contributed by atoms with Gasteiger partial charge < -0.3 is 4.74 Å². The van der Waals surface area contributed by atoms with Crippen molar-refractivity contribution in [2.24, 2.45) is 0 Å². The third kappa shape index (κ3) is 3.60. The van der Waals surface area contributed by atoms with Crippen molar-refractivity contribution in [3.63, 3.8) is 0 Å². The summed E-state index contributed by atoms with van der Waals surface area (Å²) in [5.41, 5.74) is 2.62. The molecule has 1 aromatic heterocycles. The summed E-state index contributed by atoms with van der Waals surface area (Å²) < 4.78 is 6.48. The SMILES string of the molecule is O=C(CCN1C(=O)c2ccccc2C1=O)Oc1ccc(-c2nc3ccccc3s2)cc1. The zero-order valence-corrected chi connectivity index (χ0v) is 17.1. The van der Waals surface area contributed by atoms with Gasteiger partial charge in [-0.1, -0.05) is 24.3 Å². The van der Waals surface area contributed by atoms with Crippen LogP contribution >= 0.6 is 11.3 Å². The van der Waals surface area contributed by atoms with Crippen molar-refractivity contribution < 1.29 is 19.1 Å². The second-order valence-electron chi connectivity index (χ2n) is 7.04. The van der Waals surface area contributed by atoms with Gasteiger partial charge in [-0.15, -0.1) is 11.3 Å². The first-order valence-electron chi connectivity index (χ1n) is 9.72. The van der Waals surface area contributed by atoms with Crippen LogP contribution in [0.15, 0.2) is 72.8 Å². The van der Waals surface area contributed by atoms with E-state index in [-0.39, 0.29) is 24.8 Å². The molecule has 0 aliphatic carbocycles. The van der Waals surface area contributed by atoms with Crippen molar-refractivity contribution in [2.75, 3.05) is 6.54 Å². The highest BCUT2D eigenvalue weighted by Crippen LogP contribution is 2.31. The van der Waals surface area contributed by atoms with Crippen LogP contribution in [0.2, 0.25) is 0 Å². The largest absolute Gasteiger partial charge is 0.426 e. The molecule has 0 radical (unpaired) electrons. The van der Waals surface area contributed by atoms with Crippen LogP contribution < -0.4 is 4.74 Å². The Morgan fingerprint density at radius 1 is 0.871 bits per heavy atom. The zero-order chi connectivity index (χ0) is 21.4. The van der Waals surface area contributed by atoms with E-state index in [1.165, 1.54) is 0 Å². The van der Waals surface area contributed by atoms with Gasteiger partial charge in [-0.25, -0.2) is 4.98 Å². The highest BCUT2D eigenvalue weighted by Gasteiger charge is 2.35. The van der Waals surface area contributed by atoms with Crippen LogP contribution in [0, 0.1) is 0 Å². The summed E-state index contributed by atoms with van der Waals surface area (Å²) in [6, 6.07) is 21.7. The van der Waals surface area contributed by atoms with Crippen LogP contribution in [-0.4, -0.2) is 34.2 Å². The number of aromatic nitrogens is 1. The molecule has 1 aliphatic rings. The Morgan fingerprint density at radius 2 is 1.52 bits per heavy atom. The number of fused-ring (bicyclic) bond motifs is 2. The van der Waals surface area contributed by atoms with Crippen LogP contribution in [-0.2, 0) is 4.79 Å². The molecule has 2 heterocycles. The van der Waals surface area contributed by atoms with Crippen molar-refractivity contribution in [1.82, 2.24) is 9.88 Å². The first kappa shape index (κ1) is 19.1. The Hall–Kier alpha value is -3.84. The number of carbonyl (C=O) groups excluding carboxylic acids is 3. The Balaban J connectivity index is 1.21. The van der Waals surface area contributed by atoms with E-state index >= 15 is 0 Å². The maximum atomic E-state index is 12.4. The molecule has 6 nitrogen and oxygen atoms in total. The van der Waals surface area contributed by atoms with Crippen molar-refractivity contribution >= 4 is 39.3 Å². The van der Waals surface area contributed by atoms with Gasteiger partial charge in [0.25, 0.3) is 11.8 Å². The Bertz CT molecular complexity index is 1260. The molecule has 7 heteroatoms. The van der Waals surface area contributed by atoms with E-state index in [9.17, 15) is 14.4 Å². The molecule has 0 fully saturated rings. The lowest BCUT2D eigenvalue weighted by Gasteiger charge is -2.13. The Kier molecular flexibility index (Phi) is 4.80. The van der Waals surface area contributed by atoms with E-state index in [4.69, 9.17) is 4.74 Å². The lowest BCUT2D eigenvalue weighted by molar-refractivity contribution is -0.134. The average molecular weight is 428 g/mol. The van der Waals surface area contributed by atoms with Gasteiger partial charge in [0.15, 0.2) is 0 Å². The zero-order valence-electron chi connectivity index (χ0n) is 16.3. The second-order valence-corrected chi connectivity index (χ2v) is 8.07. The average Bonchev–Trinajstić information content (AvgIpc) is 3.33. The second kappa shape index (κ2) is 7.77. The minimum Gasteiger partial charge on any atom is -0.426 e. The molecule has 31 heavy (non-hydrogen) atoms. The number of hydrogen-bond donors (Lipinski definition) is 0. The minimum atomic E-state index is -0.510. The molecule has 2 amide bonds. The quantitative estimate of drug-likeness (QED) is 0.265. The van der Waals surface area contributed by atoms with Gasteiger partial charge in [0.05, 0.1) is 27.8 Å². The summed E-state index contributed by atoms with van der Waals surface area (Å²) in [5, 5.41) is 0.893. The summed E-state index contributed by atoms with van der Waals surface area (Å²) in [7, 11) is 0. The highest BCUT2D eigenvalue weighted by molar-refractivity contribution is 7.21. The van der Waals surface area contributed by atoms with Crippen molar-refractivity contribution in [3.8, 4) is 16.3 Å². The van der Waals surface area contributed by atoms with E-state index in [0.29, 0.717) is 16.9 Å². The van der Waals surface area contributed by atoms with Gasteiger partial charge in [0, 0.05) is 12.1 Å². The number of imide groups is 1. The molecule has 0 atom stereocenters. The fraction of sp³-hybridized carbons (Fsp3) is 0.0833. The number of rotatable bonds is 5. The van der Waals surface area contributed by atoms with Crippen molar-refractivity contribution in [3.05, 3.63) is 83.9 Å². The lowest BCUT2D eigenvalue weighted by Crippen LogP contribution is -2.32. The summed E-state index contributed by atoms with van der Waals surface area (Å²) in [6.45, 7) is -0.0189. The third-order valence-corrected chi connectivity index (χ3v) is 6.13. The van der Waals surface area contributed by atoms with E-state index in [1.54, 1.807) is 47.7 Å². The summed E-state index contributed by atoms with van der Waals surface area (Å²) >= 11 is 1.60. The van der Waals surface area contributed by atoms with Gasteiger partial charge >= 0.3 is 5.97 Å². The maximum Gasteiger partial charge on any atom is 0.312 e. The van der Waals surface area contributed by atoms with Crippen LogP contribution in [0.1, 0.15) is 27.1 Å². The van der Waals surface area contributed by atoms with Crippen LogP contribution in [0.4, 0.5) is 0 Å². The monoisotopic (exact) mass is 428 g/mol. The number of hydrogen-bond acceptors (Lipinski definition) is 6. The molecule has 0 N–H and O–H groups in total. The predicted octanol–water partition coefficient (Wildman–Crippen LogP) is 4.56. The van der Waals surface area contributed by atoms with Gasteiger partial charge in [-0.05, 0) is 48.5 Å². The van der Waals surface area contributed by atoms with Gasteiger partial charge in [-0.2, -0.15) is 0 Å². The normalized spacial score (nSPS) is 13.0. The first-order valence-corrected chi connectivity index (χ1v) is 10.5. The van der Waals surface area contributed by atoms with Crippen LogP contribution in [0.25, 0.3) is 20.8 Å². The van der Waals surface area contributed by atoms with Crippen molar-refractivity contribution in [1.29, 1.82) is 0 Å². The number of thiazole rings is 1. The number of carbonyl (C=O) groups is 3. The van der Waals surface area contributed by atoms with E-state index in [1.807, 2.05) is 36.4 Å². The summed E-state index contributed by atoms with van der Waals surface area (Å²) in [6.07, 6.45) is -0.0783. The van der Waals surface area contributed by atoms with Gasteiger partial charge in [0.2, 0.25) is 0 Å². The number of ether oxygens (including phenoxy) is 1. The third-order valence-electron chi connectivity index (χ3n) is 5.04. The number of esters is 1. The van der Waals surface area contributed by atoms with E-state index in [0.717, 1.165) is 25.7 Å². The molecule has 152 valence electrons. The molecular weight excluding hydrogens is 412 g/mol. The number of nitrogens with zero attached hydrogens (tertiary/aromatic N) is 2. The smallest absolute Gasteiger partial charge is 0.312 e. The van der Waals surface area contributed by atoms with Crippen molar-refractivity contribution in [2.45, 2.75) is 6.42 Å².